The van der Waals surface area contributed by atoms with Crippen molar-refractivity contribution in [3.63, 3.8) is 0 Å². The van der Waals surface area contributed by atoms with Gasteiger partial charge < -0.3 is 10.2 Å². The van der Waals surface area contributed by atoms with E-state index in [-0.39, 0.29) is 12.4 Å². The maximum atomic E-state index is 12.4. The molecule has 118 valence electrons. The molecule has 1 heterocycles. The number of carbonyl (C=O) groups excluding carboxylic acids is 1. The molecule has 0 spiro atoms. The van der Waals surface area contributed by atoms with Gasteiger partial charge in [-0.3, -0.25) is 9.69 Å². The van der Waals surface area contributed by atoms with E-state index >= 15 is 0 Å². The van der Waals surface area contributed by atoms with Crippen LogP contribution < -0.4 is 5.32 Å². The van der Waals surface area contributed by atoms with Crippen LogP contribution in [0.4, 0.5) is 0 Å². The molecule has 0 bridgehead atoms. The highest BCUT2D eigenvalue weighted by Gasteiger charge is 2.28. The van der Waals surface area contributed by atoms with E-state index in [9.17, 15) is 4.79 Å². The van der Waals surface area contributed by atoms with E-state index in [1.165, 1.54) is 44.9 Å². The molecule has 1 aliphatic carbocycles. The Morgan fingerprint density at radius 3 is 2.55 bits per heavy atom. The van der Waals surface area contributed by atoms with Crippen LogP contribution in [0, 0.1) is 0 Å². The zero-order valence-corrected chi connectivity index (χ0v) is 13.8. The molecule has 0 aromatic carbocycles. The molecule has 20 heavy (non-hydrogen) atoms. The first-order valence-electron chi connectivity index (χ1n) is 7.86. The van der Waals surface area contributed by atoms with Gasteiger partial charge in [0.1, 0.15) is 0 Å². The average molecular weight is 304 g/mol. The number of nitrogens with zero attached hydrogens (tertiary/aromatic N) is 2. The fourth-order valence-electron chi connectivity index (χ4n) is 3.53. The van der Waals surface area contributed by atoms with Crippen LogP contribution in [-0.4, -0.2) is 61.5 Å². The summed E-state index contributed by atoms with van der Waals surface area (Å²) in [7, 11) is 3.99. The molecule has 1 saturated heterocycles. The Morgan fingerprint density at radius 2 is 1.90 bits per heavy atom. The average Bonchev–Trinajstić information content (AvgIpc) is 2.86. The van der Waals surface area contributed by atoms with Crippen LogP contribution in [0.25, 0.3) is 0 Å². The normalized spacial score (nSPS) is 24.4. The SMILES string of the molecule is CNCC1CCCN1CC(=O)N(C)C1CCCCC1.Cl. The van der Waals surface area contributed by atoms with Gasteiger partial charge in [-0.15, -0.1) is 12.4 Å². The third-order valence-electron chi connectivity index (χ3n) is 4.79. The van der Waals surface area contributed by atoms with Gasteiger partial charge >= 0.3 is 0 Å². The zero-order valence-electron chi connectivity index (χ0n) is 12.9. The number of hydrogen-bond acceptors (Lipinski definition) is 3. The minimum absolute atomic E-state index is 0. The van der Waals surface area contributed by atoms with Crippen molar-refractivity contribution in [1.29, 1.82) is 0 Å². The van der Waals surface area contributed by atoms with Crippen molar-refractivity contribution in [2.24, 2.45) is 0 Å². The van der Waals surface area contributed by atoms with Crippen LogP contribution in [-0.2, 0) is 4.79 Å². The first-order chi connectivity index (χ1) is 9.22. The van der Waals surface area contributed by atoms with E-state index in [0.29, 0.717) is 24.5 Å². The molecule has 2 rings (SSSR count). The summed E-state index contributed by atoms with van der Waals surface area (Å²) in [6.07, 6.45) is 8.76. The molecule has 2 fully saturated rings. The third kappa shape index (κ3) is 4.61. The maximum Gasteiger partial charge on any atom is 0.236 e. The van der Waals surface area contributed by atoms with Gasteiger partial charge in [-0.2, -0.15) is 0 Å². The predicted molar refractivity (Wildman–Crippen MR) is 85.4 cm³/mol. The number of rotatable bonds is 5. The summed E-state index contributed by atoms with van der Waals surface area (Å²) in [5.41, 5.74) is 0. The van der Waals surface area contributed by atoms with Gasteiger partial charge in [0.25, 0.3) is 0 Å². The minimum Gasteiger partial charge on any atom is -0.342 e. The zero-order chi connectivity index (χ0) is 13.7. The topological polar surface area (TPSA) is 35.6 Å². The molecule has 4 nitrogen and oxygen atoms in total. The molecule has 0 aromatic heterocycles. The van der Waals surface area contributed by atoms with Crippen LogP contribution in [0.5, 0.6) is 0 Å². The molecular formula is C15H30ClN3O. The molecule has 2 aliphatic rings. The number of halogens is 1. The van der Waals surface area contributed by atoms with Crippen LogP contribution >= 0.6 is 12.4 Å². The van der Waals surface area contributed by atoms with Crippen molar-refractivity contribution in [1.82, 2.24) is 15.1 Å². The van der Waals surface area contributed by atoms with Gasteiger partial charge in [0.15, 0.2) is 0 Å². The second-order valence-corrected chi connectivity index (χ2v) is 6.12. The Balaban J connectivity index is 0.00000200. The minimum atomic E-state index is 0. The molecular weight excluding hydrogens is 274 g/mol. The molecule has 1 N–H and O–H groups in total. The second kappa shape index (κ2) is 8.85. The Labute approximate surface area is 129 Å². The van der Waals surface area contributed by atoms with Gasteiger partial charge in [0.2, 0.25) is 5.91 Å². The summed E-state index contributed by atoms with van der Waals surface area (Å²) in [6.45, 7) is 2.69. The maximum absolute atomic E-state index is 12.4. The first kappa shape index (κ1) is 17.7. The van der Waals surface area contributed by atoms with E-state index in [2.05, 4.69) is 10.2 Å². The van der Waals surface area contributed by atoms with Crippen LogP contribution in [0.3, 0.4) is 0 Å². The highest BCUT2D eigenvalue weighted by molar-refractivity contribution is 5.85. The van der Waals surface area contributed by atoms with Crippen molar-refractivity contribution in [3.05, 3.63) is 0 Å². The van der Waals surface area contributed by atoms with Crippen LogP contribution in [0.2, 0.25) is 0 Å². The van der Waals surface area contributed by atoms with Gasteiger partial charge in [-0.25, -0.2) is 0 Å². The second-order valence-electron chi connectivity index (χ2n) is 6.12. The molecule has 0 radical (unpaired) electrons. The largest absolute Gasteiger partial charge is 0.342 e. The summed E-state index contributed by atoms with van der Waals surface area (Å²) in [6, 6.07) is 1.04. The van der Waals surface area contributed by atoms with Crippen molar-refractivity contribution in [3.8, 4) is 0 Å². The van der Waals surface area contributed by atoms with Gasteiger partial charge in [0.05, 0.1) is 6.54 Å². The first-order valence-corrected chi connectivity index (χ1v) is 7.86. The highest BCUT2D eigenvalue weighted by atomic mass is 35.5. The van der Waals surface area contributed by atoms with E-state index in [0.717, 1.165) is 13.1 Å². The molecule has 1 atom stereocenters. The number of hydrogen-bond donors (Lipinski definition) is 1. The number of likely N-dealkylation sites (tertiary alicyclic amines) is 1. The van der Waals surface area contributed by atoms with Crippen LogP contribution in [0.1, 0.15) is 44.9 Å². The standard InChI is InChI=1S/C15H29N3O.ClH/c1-16-11-14-9-6-10-18(14)12-15(19)17(2)13-7-4-3-5-8-13;/h13-14,16H,3-12H2,1-2H3;1H. The summed E-state index contributed by atoms with van der Waals surface area (Å²) < 4.78 is 0. The Kier molecular flexibility index (Phi) is 7.85. The fraction of sp³-hybridized carbons (Fsp3) is 0.933. The Morgan fingerprint density at radius 1 is 1.20 bits per heavy atom. The Hall–Kier alpha value is -0.320. The highest BCUT2D eigenvalue weighted by Crippen LogP contribution is 2.22. The molecule has 5 heteroatoms. The predicted octanol–water partition coefficient (Wildman–Crippen LogP) is 1.88. The monoisotopic (exact) mass is 303 g/mol. The molecule has 1 amide bonds. The van der Waals surface area contributed by atoms with Crippen molar-refractivity contribution >= 4 is 18.3 Å². The van der Waals surface area contributed by atoms with Gasteiger partial charge in [0, 0.05) is 25.7 Å². The van der Waals surface area contributed by atoms with Gasteiger partial charge in [-0.1, -0.05) is 19.3 Å². The molecule has 1 aliphatic heterocycles. The smallest absolute Gasteiger partial charge is 0.236 e. The lowest BCUT2D eigenvalue weighted by molar-refractivity contribution is -0.134. The van der Waals surface area contributed by atoms with E-state index in [1.807, 2.05) is 19.0 Å². The van der Waals surface area contributed by atoms with Crippen LogP contribution in [0.15, 0.2) is 0 Å². The molecule has 1 saturated carbocycles. The fourth-order valence-corrected chi connectivity index (χ4v) is 3.53. The quantitative estimate of drug-likeness (QED) is 0.842. The number of carbonyl (C=O) groups is 1. The van der Waals surface area contributed by atoms with Gasteiger partial charge in [-0.05, 0) is 39.3 Å². The number of likely N-dealkylation sites (N-methyl/N-ethyl adjacent to an activating group) is 2. The lowest BCUT2D eigenvalue weighted by Crippen LogP contribution is -2.46. The number of amides is 1. The van der Waals surface area contributed by atoms with Crippen molar-refractivity contribution in [2.45, 2.75) is 57.0 Å². The molecule has 1 unspecified atom stereocenters. The van der Waals surface area contributed by atoms with E-state index in [4.69, 9.17) is 0 Å². The summed E-state index contributed by atoms with van der Waals surface area (Å²) in [5.74, 6) is 0.315. The lowest BCUT2D eigenvalue weighted by Gasteiger charge is -2.33. The van der Waals surface area contributed by atoms with Crippen molar-refractivity contribution < 1.29 is 4.79 Å². The lowest BCUT2D eigenvalue weighted by atomic mass is 9.94. The Bertz CT molecular complexity index is 295. The summed E-state index contributed by atoms with van der Waals surface area (Å²) >= 11 is 0. The number of nitrogens with one attached hydrogen (secondary N) is 1. The van der Waals surface area contributed by atoms with E-state index in [1.54, 1.807) is 0 Å². The molecule has 0 aromatic rings. The summed E-state index contributed by atoms with van der Waals surface area (Å²) in [5, 5.41) is 3.24. The summed E-state index contributed by atoms with van der Waals surface area (Å²) in [4.78, 5) is 16.8. The third-order valence-corrected chi connectivity index (χ3v) is 4.79. The van der Waals surface area contributed by atoms with Crippen molar-refractivity contribution in [2.75, 3.05) is 33.7 Å². The van der Waals surface area contributed by atoms with E-state index < -0.39 is 0 Å².